The van der Waals surface area contributed by atoms with Gasteiger partial charge in [-0.1, -0.05) is 13.8 Å². The highest BCUT2D eigenvalue weighted by molar-refractivity contribution is 7.88. The van der Waals surface area contributed by atoms with E-state index in [2.05, 4.69) is 18.6 Å². The SMILES string of the molecule is CC(C)[C@H]1C[C@@H](CNS(C)(=O)=O)C1. The van der Waals surface area contributed by atoms with Crippen LogP contribution in [0.3, 0.4) is 0 Å². The van der Waals surface area contributed by atoms with Crippen molar-refractivity contribution in [3.05, 3.63) is 0 Å². The van der Waals surface area contributed by atoms with Crippen LogP contribution in [-0.4, -0.2) is 21.2 Å². The molecule has 0 saturated heterocycles. The molecule has 1 N–H and O–H groups in total. The molecule has 0 unspecified atom stereocenters. The molecule has 1 aliphatic carbocycles. The molecule has 0 heterocycles. The Morgan fingerprint density at radius 2 is 1.92 bits per heavy atom. The van der Waals surface area contributed by atoms with Crippen molar-refractivity contribution < 1.29 is 8.42 Å². The van der Waals surface area contributed by atoms with Gasteiger partial charge in [0.25, 0.3) is 0 Å². The fourth-order valence-electron chi connectivity index (χ4n) is 1.77. The Kier molecular flexibility index (Phi) is 3.35. The van der Waals surface area contributed by atoms with Gasteiger partial charge in [0.15, 0.2) is 0 Å². The quantitative estimate of drug-likeness (QED) is 0.750. The second-order valence-corrected chi connectivity index (χ2v) is 6.30. The fraction of sp³-hybridized carbons (Fsp3) is 1.00. The molecule has 3 nitrogen and oxygen atoms in total. The third kappa shape index (κ3) is 3.65. The summed E-state index contributed by atoms with van der Waals surface area (Å²) in [5.74, 6) is 2.13. The van der Waals surface area contributed by atoms with E-state index in [9.17, 15) is 8.42 Å². The van der Waals surface area contributed by atoms with Gasteiger partial charge in [-0.25, -0.2) is 13.1 Å². The summed E-state index contributed by atoms with van der Waals surface area (Å²) in [6.45, 7) is 5.08. The first-order chi connectivity index (χ1) is 5.88. The van der Waals surface area contributed by atoms with Crippen LogP contribution >= 0.6 is 0 Å². The number of sulfonamides is 1. The molecule has 0 spiro atoms. The lowest BCUT2D eigenvalue weighted by Crippen LogP contribution is -2.37. The van der Waals surface area contributed by atoms with E-state index in [1.54, 1.807) is 0 Å². The zero-order chi connectivity index (χ0) is 10.1. The van der Waals surface area contributed by atoms with Crippen LogP contribution < -0.4 is 4.72 Å². The molecular weight excluding hydrogens is 186 g/mol. The van der Waals surface area contributed by atoms with E-state index in [0.717, 1.165) is 11.8 Å². The van der Waals surface area contributed by atoms with E-state index >= 15 is 0 Å². The molecule has 4 heteroatoms. The summed E-state index contributed by atoms with van der Waals surface area (Å²) in [7, 11) is -2.98. The van der Waals surface area contributed by atoms with E-state index in [4.69, 9.17) is 0 Å². The Hall–Kier alpha value is -0.0900. The summed E-state index contributed by atoms with van der Waals surface area (Å²) < 4.78 is 24.1. The molecule has 0 atom stereocenters. The van der Waals surface area contributed by atoms with Crippen molar-refractivity contribution in [2.75, 3.05) is 12.8 Å². The topological polar surface area (TPSA) is 46.2 Å². The van der Waals surface area contributed by atoms with Crippen molar-refractivity contribution >= 4 is 10.0 Å². The minimum absolute atomic E-state index is 0.571. The molecule has 1 rings (SSSR count). The van der Waals surface area contributed by atoms with Crippen molar-refractivity contribution in [2.45, 2.75) is 26.7 Å². The van der Waals surface area contributed by atoms with Crippen molar-refractivity contribution in [1.29, 1.82) is 0 Å². The Morgan fingerprint density at radius 1 is 1.38 bits per heavy atom. The van der Waals surface area contributed by atoms with Crippen LogP contribution in [0.5, 0.6) is 0 Å². The Labute approximate surface area is 81.0 Å². The molecule has 0 aromatic rings. The first kappa shape index (κ1) is 11.0. The molecule has 0 amide bonds. The van der Waals surface area contributed by atoms with E-state index in [1.165, 1.54) is 19.1 Å². The number of nitrogens with one attached hydrogen (secondary N) is 1. The van der Waals surface area contributed by atoms with Crippen molar-refractivity contribution in [3.8, 4) is 0 Å². The third-order valence-electron chi connectivity index (χ3n) is 2.85. The normalized spacial score (nSPS) is 28.9. The van der Waals surface area contributed by atoms with Crippen LogP contribution in [0, 0.1) is 17.8 Å². The summed E-state index contributed by atoms with van der Waals surface area (Å²) in [6, 6.07) is 0. The van der Waals surface area contributed by atoms with Gasteiger partial charge < -0.3 is 0 Å². The lowest BCUT2D eigenvalue weighted by Gasteiger charge is -2.38. The molecule has 1 fully saturated rings. The third-order valence-corrected chi connectivity index (χ3v) is 3.54. The van der Waals surface area contributed by atoms with Crippen LogP contribution in [0.4, 0.5) is 0 Å². The lowest BCUT2D eigenvalue weighted by molar-refractivity contribution is 0.144. The maximum Gasteiger partial charge on any atom is 0.208 e. The van der Waals surface area contributed by atoms with E-state index in [0.29, 0.717) is 12.5 Å². The molecule has 1 aliphatic rings. The highest BCUT2D eigenvalue weighted by Crippen LogP contribution is 2.38. The van der Waals surface area contributed by atoms with Gasteiger partial charge >= 0.3 is 0 Å². The van der Waals surface area contributed by atoms with Crippen LogP contribution in [0.2, 0.25) is 0 Å². The number of rotatable bonds is 4. The van der Waals surface area contributed by atoms with Crippen molar-refractivity contribution in [3.63, 3.8) is 0 Å². The van der Waals surface area contributed by atoms with Crippen LogP contribution in [0.25, 0.3) is 0 Å². The smallest absolute Gasteiger partial charge is 0.208 e. The summed E-state index contributed by atoms with van der Waals surface area (Å²) in [4.78, 5) is 0. The molecule has 1 saturated carbocycles. The molecule has 0 aromatic heterocycles. The first-order valence-electron chi connectivity index (χ1n) is 4.83. The summed E-state index contributed by atoms with van der Waals surface area (Å²) >= 11 is 0. The summed E-state index contributed by atoms with van der Waals surface area (Å²) in [5, 5.41) is 0. The van der Waals surface area contributed by atoms with Crippen LogP contribution in [-0.2, 0) is 10.0 Å². The zero-order valence-electron chi connectivity index (χ0n) is 8.58. The van der Waals surface area contributed by atoms with Gasteiger partial charge in [-0.15, -0.1) is 0 Å². The second kappa shape index (κ2) is 3.96. The fourth-order valence-corrected chi connectivity index (χ4v) is 2.31. The minimum Gasteiger partial charge on any atom is -0.215 e. The molecule has 13 heavy (non-hydrogen) atoms. The summed E-state index contributed by atoms with van der Waals surface area (Å²) in [6.07, 6.45) is 3.58. The van der Waals surface area contributed by atoms with Crippen molar-refractivity contribution in [1.82, 2.24) is 4.72 Å². The van der Waals surface area contributed by atoms with Gasteiger partial charge in [0, 0.05) is 6.54 Å². The van der Waals surface area contributed by atoms with Gasteiger partial charge in [0.2, 0.25) is 10.0 Å². The highest BCUT2D eigenvalue weighted by atomic mass is 32.2. The minimum atomic E-state index is -2.98. The first-order valence-corrected chi connectivity index (χ1v) is 6.72. The lowest BCUT2D eigenvalue weighted by atomic mass is 9.70. The van der Waals surface area contributed by atoms with Crippen molar-refractivity contribution in [2.24, 2.45) is 17.8 Å². The van der Waals surface area contributed by atoms with Gasteiger partial charge in [0.1, 0.15) is 0 Å². The Morgan fingerprint density at radius 3 is 2.31 bits per heavy atom. The van der Waals surface area contributed by atoms with E-state index in [-0.39, 0.29) is 0 Å². The molecule has 0 aromatic carbocycles. The average Bonchev–Trinajstić information content (AvgIpc) is 1.79. The van der Waals surface area contributed by atoms with Gasteiger partial charge in [-0.2, -0.15) is 0 Å². The van der Waals surface area contributed by atoms with E-state index in [1.807, 2.05) is 0 Å². The summed E-state index contributed by atoms with van der Waals surface area (Å²) in [5.41, 5.74) is 0. The largest absolute Gasteiger partial charge is 0.215 e. The van der Waals surface area contributed by atoms with Gasteiger partial charge in [-0.05, 0) is 30.6 Å². The molecule has 78 valence electrons. The molecule has 0 aliphatic heterocycles. The number of hydrogen-bond donors (Lipinski definition) is 1. The average molecular weight is 205 g/mol. The molecular formula is C9H19NO2S. The Bertz CT molecular complexity index is 253. The zero-order valence-corrected chi connectivity index (χ0v) is 9.39. The van der Waals surface area contributed by atoms with Gasteiger partial charge in [0.05, 0.1) is 6.26 Å². The monoisotopic (exact) mass is 205 g/mol. The maximum atomic E-state index is 10.8. The maximum absolute atomic E-state index is 10.8. The van der Waals surface area contributed by atoms with Crippen LogP contribution in [0.1, 0.15) is 26.7 Å². The predicted octanol–water partition coefficient (Wildman–Crippen LogP) is 1.22. The highest BCUT2D eigenvalue weighted by Gasteiger charge is 2.31. The predicted molar refractivity (Wildman–Crippen MR) is 53.9 cm³/mol. The molecule has 0 bridgehead atoms. The second-order valence-electron chi connectivity index (χ2n) is 4.46. The molecule has 0 radical (unpaired) electrons. The Balaban J connectivity index is 2.16. The van der Waals surface area contributed by atoms with E-state index < -0.39 is 10.0 Å². The van der Waals surface area contributed by atoms with Gasteiger partial charge in [-0.3, -0.25) is 0 Å². The standard InChI is InChI=1S/C9H19NO2S/c1-7(2)9-4-8(5-9)6-10-13(3,11)12/h7-10H,4-6H2,1-3H3/t8-,9+. The van der Waals surface area contributed by atoms with Crippen LogP contribution in [0.15, 0.2) is 0 Å². The number of hydrogen-bond acceptors (Lipinski definition) is 2.